The van der Waals surface area contributed by atoms with Crippen molar-refractivity contribution in [2.45, 2.75) is 17.5 Å². The number of fused-ring (bicyclic) bond motifs is 1. The molecular formula is C9H11N3O5S. The van der Waals surface area contributed by atoms with Crippen LogP contribution in [0.3, 0.4) is 0 Å². The molecule has 2 aliphatic rings. The summed E-state index contributed by atoms with van der Waals surface area (Å²) in [6, 6.07) is -1.84. The van der Waals surface area contributed by atoms with Gasteiger partial charge in [-0.05, 0) is 5.41 Å². The molecule has 98 valence electrons. The third-order valence-corrected chi connectivity index (χ3v) is 3.96. The highest BCUT2D eigenvalue weighted by Gasteiger charge is 2.53. The first kappa shape index (κ1) is 12.7. The van der Waals surface area contributed by atoms with Gasteiger partial charge in [-0.15, -0.1) is 11.8 Å². The van der Waals surface area contributed by atoms with Crippen molar-refractivity contribution in [1.82, 2.24) is 4.90 Å². The van der Waals surface area contributed by atoms with Crippen molar-refractivity contribution in [2.24, 2.45) is 11.5 Å². The highest BCUT2D eigenvalue weighted by molar-refractivity contribution is 8.02. The standard InChI is InChI=1S/C9H11N3O5S/c10-4-6(13)12-5(8(14)15)3(1-17-9(11)16)2-18-7(4)12/h2,4-5,7H,1,10H2,(H2,11,16)(H,14,15)/t4-,5-,7-/m1/s1. The van der Waals surface area contributed by atoms with Crippen LogP contribution >= 0.6 is 11.8 Å². The lowest BCUT2D eigenvalue weighted by Crippen LogP contribution is -2.72. The molecule has 9 heteroatoms. The Balaban J connectivity index is 2.19. The number of β-lactam (4-membered cyclic amide) rings is 1. The first-order valence-electron chi connectivity index (χ1n) is 5.00. The molecule has 1 fully saturated rings. The van der Waals surface area contributed by atoms with Gasteiger partial charge in [0.2, 0.25) is 5.91 Å². The van der Waals surface area contributed by atoms with Gasteiger partial charge < -0.3 is 26.2 Å². The van der Waals surface area contributed by atoms with Gasteiger partial charge in [0.15, 0.2) is 6.04 Å². The lowest BCUT2D eigenvalue weighted by atomic mass is 9.99. The van der Waals surface area contributed by atoms with E-state index in [1.54, 1.807) is 5.41 Å². The number of rotatable bonds is 3. The molecule has 0 radical (unpaired) electrons. The second-order valence-corrected chi connectivity index (χ2v) is 4.83. The zero-order chi connectivity index (χ0) is 13.4. The normalized spacial score (nSPS) is 30.1. The van der Waals surface area contributed by atoms with Gasteiger partial charge in [-0.1, -0.05) is 0 Å². The Morgan fingerprint density at radius 3 is 2.78 bits per heavy atom. The Bertz CT molecular complexity index is 451. The van der Waals surface area contributed by atoms with Gasteiger partial charge in [0.1, 0.15) is 18.0 Å². The number of carboxylic acid groups (broad SMARTS) is 1. The molecule has 0 aromatic heterocycles. The zero-order valence-electron chi connectivity index (χ0n) is 9.11. The van der Waals surface area contributed by atoms with Crippen molar-refractivity contribution in [1.29, 1.82) is 0 Å². The van der Waals surface area contributed by atoms with Crippen LogP contribution in [0.1, 0.15) is 0 Å². The Kier molecular flexibility index (Phi) is 3.18. The second kappa shape index (κ2) is 4.50. The number of primary amides is 1. The number of hydrogen-bond acceptors (Lipinski definition) is 6. The van der Waals surface area contributed by atoms with Crippen LogP contribution in [0.4, 0.5) is 4.79 Å². The SMILES string of the molecule is NC(=O)OCC1=CS[C@@H]2[C@H](N)C(=O)N2[C@H]1C(=O)O. The van der Waals surface area contributed by atoms with Crippen LogP contribution in [0.5, 0.6) is 0 Å². The van der Waals surface area contributed by atoms with Gasteiger partial charge in [0, 0.05) is 5.57 Å². The molecule has 8 nitrogen and oxygen atoms in total. The third-order valence-electron chi connectivity index (χ3n) is 2.72. The summed E-state index contributed by atoms with van der Waals surface area (Å²) in [5, 5.41) is 10.3. The van der Waals surface area contributed by atoms with E-state index in [2.05, 4.69) is 4.74 Å². The molecule has 2 aliphatic heterocycles. The average molecular weight is 273 g/mol. The summed E-state index contributed by atoms with van der Waals surface area (Å²) < 4.78 is 4.56. The minimum Gasteiger partial charge on any atom is -0.479 e. The summed E-state index contributed by atoms with van der Waals surface area (Å²) in [6.07, 6.45) is -1.00. The maximum Gasteiger partial charge on any atom is 0.404 e. The minimum atomic E-state index is -1.19. The van der Waals surface area contributed by atoms with E-state index in [9.17, 15) is 14.4 Å². The van der Waals surface area contributed by atoms with E-state index in [-0.39, 0.29) is 12.0 Å². The number of nitrogens with two attached hydrogens (primary N) is 2. The van der Waals surface area contributed by atoms with Crippen LogP contribution in [0.25, 0.3) is 0 Å². The van der Waals surface area contributed by atoms with Crippen LogP contribution in [-0.2, 0) is 14.3 Å². The van der Waals surface area contributed by atoms with E-state index < -0.39 is 30.1 Å². The number of amides is 2. The molecule has 0 spiro atoms. The Morgan fingerprint density at radius 1 is 1.56 bits per heavy atom. The first-order valence-corrected chi connectivity index (χ1v) is 5.95. The van der Waals surface area contributed by atoms with E-state index in [0.29, 0.717) is 5.57 Å². The third kappa shape index (κ3) is 1.91. The van der Waals surface area contributed by atoms with Crippen molar-refractivity contribution < 1.29 is 24.2 Å². The topological polar surface area (TPSA) is 136 Å². The van der Waals surface area contributed by atoms with Crippen molar-refractivity contribution >= 4 is 29.7 Å². The molecule has 2 amide bonds. The van der Waals surface area contributed by atoms with E-state index in [1.807, 2.05) is 0 Å². The molecule has 1 saturated heterocycles. The highest BCUT2D eigenvalue weighted by atomic mass is 32.2. The molecule has 2 heterocycles. The molecule has 0 aromatic rings. The van der Waals surface area contributed by atoms with Gasteiger partial charge in [0.05, 0.1) is 0 Å². The molecule has 2 rings (SSSR count). The highest BCUT2D eigenvalue weighted by Crippen LogP contribution is 2.39. The number of carbonyl (C=O) groups excluding carboxylic acids is 2. The summed E-state index contributed by atoms with van der Waals surface area (Å²) in [7, 11) is 0. The molecule has 0 unspecified atom stereocenters. The lowest BCUT2D eigenvalue weighted by Gasteiger charge is -2.49. The quantitative estimate of drug-likeness (QED) is 0.541. The number of aliphatic carboxylic acids is 1. The molecule has 0 saturated carbocycles. The molecule has 0 aromatic carbocycles. The minimum absolute atomic E-state index is 0.259. The first-order chi connectivity index (χ1) is 8.43. The number of thioether (sulfide) groups is 1. The van der Waals surface area contributed by atoms with Crippen LogP contribution < -0.4 is 11.5 Å². The van der Waals surface area contributed by atoms with Gasteiger partial charge in [-0.2, -0.15) is 0 Å². The number of hydrogen-bond donors (Lipinski definition) is 3. The number of nitrogens with zero attached hydrogens (tertiary/aromatic N) is 1. The molecule has 0 aliphatic carbocycles. The monoisotopic (exact) mass is 273 g/mol. The second-order valence-electron chi connectivity index (χ2n) is 3.84. The van der Waals surface area contributed by atoms with Crippen LogP contribution in [0.15, 0.2) is 11.0 Å². The van der Waals surface area contributed by atoms with Crippen LogP contribution in [0.2, 0.25) is 0 Å². The van der Waals surface area contributed by atoms with E-state index >= 15 is 0 Å². The summed E-state index contributed by atoms with van der Waals surface area (Å²) in [6.45, 7) is -0.259. The maximum atomic E-state index is 11.6. The van der Waals surface area contributed by atoms with Crippen LogP contribution in [0, 0.1) is 0 Å². The van der Waals surface area contributed by atoms with E-state index in [1.165, 1.54) is 16.7 Å². The van der Waals surface area contributed by atoms with Gasteiger partial charge in [-0.3, -0.25) is 4.79 Å². The van der Waals surface area contributed by atoms with Gasteiger partial charge >= 0.3 is 12.1 Å². The molecule has 0 bridgehead atoms. The Labute approximate surface area is 106 Å². The zero-order valence-corrected chi connectivity index (χ0v) is 9.92. The molecule has 18 heavy (non-hydrogen) atoms. The van der Waals surface area contributed by atoms with E-state index in [4.69, 9.17) is 16.6 Å². The molecule has 5 N–H and O–H groups in total. The summed E-state index contributed by atoms with van der Waals surface area (Å²) in [4.78, 5) is 34.4. The Hall–Kier alpha value is -1.74. The smallest absolute Gasteiger partial charge is 0.404 e. The largest absolute Gasteiger partial charge is 0.479 e. The van der Waals surface area contributed by atoms with Crippen molar-refractivity contribution in [2.75, 3.05) is 6.61 Å². The predicted molar refractivity (Wildman–Crippen MR) is 61.2 cm³/mol. The van der Waals surface area contributed by atoms with Gasteiger partial charge in [-0.25, -0.2) is 9.59 Å². The fourth-order valence-electron chi connectivity index (χ4n) is 1.88. The molecule has 3 atom stereocenters. The number of carbonyl (C=O) groups is 3. The van der Waals surface area contributed by atoms with Crippen molar-refractivity contribution in [3.8, 4) is 0 Å². The number of ether oxygens (including phenoxy) is 1. The van der Waals surface area contributed by atoms with Crippen LogP contribution in [-0.4, -0.2) is 52.0 Å². The fraction of sp³-hybridized carbons (Fsp3) is 0.444. The predicted octanol–water partition coefficient (Wildman–Crippen LogP) is -1.34. The van der Waals surface area contributed by atoms with Crippen molar-refractivity contribution in [3.05, 3.63) is 11.0 Å². The fourth-order valence-corrected chi connectivity index (χ4v) is 3.03. The summed E-state index contributed by atoms with van der Waals surface area (Å²) >= 11 is 1.23. The summed E-state index contributed by atoms with van der Waals surface area (Å²) in [5.74, 6) is -1.62. The Morgan fingerprint density at radius 2 is 2.22 bits per heavy atom. The lowest BCUT2D eigenvalue weighted by molar-refractivity contribution is -0.158. The summed E-state index contributed by atoms with van der Waals surface area (Å²) in [5.41, 5.74) is 10.7. The number of carboxylic acids is 1. The van der Waals surface area contributed by atoms with E-state index in [0.717, 1.165) is 0 Å². The van der Waals surface area contributed by atoms with Crippen molar-refractivity contribution in [3.63, 3.8) is 0 Å². The molecular weight excluding hydrogens is 262 g/mol. The van der Waals surface area contributed by atoms with Gasteiger partial charge in [0.25, 0.3) is 0 Å². The maximum absolute atomic E-state index is 11.6. The average Bonchev–Trinajstić information content (AvgIpc) is 2.33.